The van der Waals surface area contributed by atoms with Crippen LogP contribution in [0.2, 0.25) is 0 Å². The Balaban J connectivity index is 2.86. The van der Waals surface area contributed by atoms with E-state index in [2.05, 4.69) is 9.72 Å². The molecule has 7 heteroatoms. The van der Waals surface area contributed by atoms with Crippen LogP contribution in [-0.2, 0) is 0 Å². The van der Waals surface area contributed by atoms with Crippen molar-refractivity contribution in [2.24, 2.45) is 0 Å². The molecular weight excluding hydrogens is 230 g/mol. The Kier molecular flexibility index (Phi) is 3.56. The molecule has 0 aromatic carbocycles. The molecule has 0 saturated heterocycles. The summed E-state index contributed by atoms with van der Waals surface area (Å²) in [7, 11) is 1.31. The van der Waals surface area contributed by atoms with Gasteiger partial charge in [-0.15, -0.1) is 0 Å². The molecule has 0 radical (unpaired) electrons. The Morgan fingerprint density at radius 2 is 2.00 bits per heavy atom. The van der Waals surface area contributed by atoms with Crippen molar-refractivity contribution in [3.05, 3.63) is 17.6 Å². The summed E-state index contributed by atoms with van der Waals surface area (Å²) in [6, 6.07) is 0.925. The lowest BCUT2D eigenvalue weighted by molar-refractivity contribution is -0.154. The Morgan fingerprint density at radius 3 is 2.50 bits per heavy atom. The monoisotopic (exact) mass is 239 g/mol. The van der Waals surface area contributed by atoms with E-state index >= 15 is 0 Å². The van der Waals surface area contributed by atoms with Crippen molar-refractivity contribution in [3.63, 3.8) is 0 Å². The van der Waals surface area contributed by atoms with Crippen molar-refractivity contribution in [3.8, 4) is 11.6 Å². The lowest BCUT2D eigenvalue weighted by Crippen LogP contribution is -2.20. The van der Waals surface area contributed by atoms with Crippen LogP contribution >= 0.6 is 0 Å². The zero-order chi connectivity index (χ0) is 12.3. The molecule has 1 aromatic rings. The Labute approximate surface area is 89.0 Å². The van der Waals surface area contributed by atoms with E-state index in [1.807, 2.05) is 0 Å². The van der Waals surface area contributed by atoms with Crippen molar-refractivity contribution in [2.45, 2.75) is 13.1 Å². The Hall–Kier alpha value is -1.53. The van der Waals surface area contributed by atoms with Crippen LogP contribution in [0.5, 0.6) is 11.6 Å². The third-order valence-corrected chi connectivity index (χ3v) is 1.68. The fraction of sp³-hybridized carbons (Fsp3) is 0.444. The molecule has 0 saturated carbocycles. The molecule has 0 aliphatic rings. The van der Waals surface area contributed by atoms with Gasteiger partial charge in [-0.3, -0.25) is 0 Å². The third-order valence-electron chi connectivity index (χ3n) is 1.68. The number of halogens is 4. The number of methoxy groups -OCH3 is 1. The second-order valence-electron chi connectivity index (χ2n) is 2.97. The van der Waals surface area contributed by atoms with Crippen molar-refractivity contribution in [1.29, 1.82) is 0 Å². The van der Waals surface area contributed by atoms with E-state index in [4.69, 9.17) is 4.74 Å². The second kappa shape index (κ2) is 4.54. The predicted octanol–water partition coefficient (Wildman–Crippen LogP) is 2.48. The number of ether oxygens (including phenoxy) is 2. The van der Waals surface area contributed by atoms with Crippen LogP contribution in [0.4, 0.5) is 17.6 Å². The summed E-state index contributed by atoms with van der Waals surface area (Å²) in [6.07, 6.45) is -4.53. The molecule has 0 amide bonds. The van der Waals surface area contributed by atoms with Crippen molar-refractivity contribution in [2.75, 3.05) is 13.7 Å². The SMILES string of the molecule is COc1cc(F)c(OCC(F)(F)F)nc1C. The third kappa shape index (κ3) is 3.25. The fourth-order valence-corrected chi connectivity index (χ4v) is 1.00. The van der Waals surface area contributed by atoms with E-state index < -0.39 is 24.5 Å². The van der Waals surface area contributed by atoms with Gasteiger partial charge in [-0.1, -0.05) is 0 Å². The number of aromatic nitrogens is 1. The topological polar surface area (TPSA) is 31.4 Å². The minimum Gasteiger partial charge on any atom is -0.495 e. The first kappa shape index (κ1) is 12.5. The Bertz CT molecular complexity index is 379. The molecule has 0 unspecified atom stereocenters. The molecule has 0 bridgehead atoms. The van der Waals surface area contributed by atoms with Gasteiger partial charge in [0.1, 0.15) is 5.75 Å². The van der Waals surface area contributed by atoms with Crippen LogP contribution in [0.1, 0.15) is 5.69 Å². The maximum absolute atomic E-state index is 13.2. The standard InChI is InChI=1S/C9H9F4NO2/c1-5-7(15-2)3-6(10)8(14-5)16-4-9(11,12)13/h3H,4H2,1-2H3. The number of alkyl halides is 3. The van der Waals surface area contributed by atoms with E-state index in [1.54, 1.807) is 0 Å². The van der Waals surface area contributed by atoms with Crippen LogP contribution < -0.4 is 9.47 Å². The summed E-state index contributed by atoms with van der Waals surface area (Å²) in [5.41, 5.74) is 0.251. The molecule has 3 nitrogen and oxygen atoms in total. The summed E-state index contributed by atoms with van der Waals surface area (Å²) >= 11 is 0. The van der Waals surface area contributed by atoms with E-state index in [-0.39, 0.29) is 11.4 Å². The van der Waals surface area contributed by atoms with Crippen molar-refractivity contribution in [1.82, 2.24) is 4.98 Å². The van der Waals surface area contributed by atoms with Gasteiger partial charge in [0.05, 0.1) is 12.8 Å². The largest absolute Gasteiger partial charge is 0.495 e. The highest BCUT2D eigenvalue weighted by atomic mass is 19.4. The van der Waals surface area contributed by atoms with Crippen LogP contribution in [0, 0.1) is 12.7 Å². The molecule has 1 heterocycles. The highest BCUT2D eigenvalue weighted by Gasteiger charge is 2.29. The highest BCUT2D eigenvalue weighted by Crippen LogP contribution is 2.24. The molecular formula is C9H9F4NO2. The minimum atomic E-state index is -4.53. The molecule has 0 spiro atoms. The molecule has 0 aliphatic heterocycles. The first-order valence-electron chi connectivity index (χ1n) is 4.24. The lowest BCUT2D eigenvalue weighted by atomic mass is 10.3. The summed E-state index contributed by atoms with van der Waals surface area (Å²) in [5.74, 6) is -1.53. The van der Waals surface area contributed by atoms with Gasteiger partial charge in [0.25, 0.3) is 5.88 Å². The van der Waals surface area contributed by atoms with Crippen LogP contribution in [0.25, 0.3) is 0 Å². The fourth-order valence-electron chi connectivity index (χ4n) is 1.00. The first-order valence-corrected chi connectivity index (χ1v) is 4.24. The smallest absolute Gasteiger partial charge is 0.422 e. The highest BCUT2D eigenvalue weighted by molar-refractivity contribution is 5.31. The van der Waals surface area contributed by atoms with Gasteiger partial charge in [-0.25, -0.2) is 9.37 Å². The average Bonchev–Trinajstić information content (AvgIpc) is 2.17. The van der Waals surface area contributed by atoms with Gasteiger partial charge in [-0.2, -0.15) is 13.2 Å². The van der Waals surface area contributed by atoms with Crippen LogP contribution in [-0.4, -0.2) is 24.9 Å². The lowest BCUT2D eigenvalue weighted by Gasteiger charge is -2.11. The summed E-state index contributed by atoms with van der Waals surface area (Å²) in [4.78, 5) is 3.52. The minimum absolute atomic E-state index is 0.150. The summed E-state index contributed by atoms with van der Waals surface area (Å²) in [6.45, 7) is -0.110. The number of rotatable bonds is 3. The maximum atomic E-state index is 13.2. The maximum Gasteiger partial charge on any atom is 0.422 e. The molecule has 1 rings (SSSR count). The molecule has 16 heavy (non-hydrogen) atoms. The quantitative estimate of drug-likeness (QED) is 0.759. The van der Waals surface area contributed by atoms with Crippen LogP contribution in [0.15, 0.2) is 6.07 Å². The normalized spacial score (nSPS) is 11.4. The van der Waals surface area contributed by atoms with Gasteiger partial charge in [-0.05, 0) is 6.92 Å². The van der Waals surface area contributed by atoms with Gasteiger partial charge >= 0.3 is 6.18 Å². The molecule has 0 aliphatic carbocycles. The number of aryl methyl sites for hydroxylation is 1. The van der Waals surface area contributed by atoms with Gasteiger partial charge in [0.2, 0.25) is 0 Å². The summed E-state index contributed by atoms with van der Waals surface area (Å²) in [5, 5.41) is 0. The van der Waals surface area contributed by atoms with E-state index in [0.717, 1.165) is 6.07 Å². The van der Waals surface area contributed by atoms with Gasteiger partial charge < -0.3 is 9.47 Å². The van der Waals surface area contributed by atoms with Crippen molar-refractivity contribution < 1.29 is 27.0 Å². The zero-order valence-electron chi connectivity index (χ0n) is 8.56. The van der Waals surface area contributed by atoms with Crippen molar-refractivity contribution >= 4 is 0 Å². The summed E-state index contributed by atoms with van der Waals surface area (Å²) < 4.78 is 57.6. The zero-order valence-corrected chi connectivity index (χ0v) is 8.56. The molecule has 90 valence electrons. The number of hydrogen-bond acceptors (Lipinski definition) is 3. The van der Waals surface area contributed by atoms with E-state index in [9.17, 15) is 17.6 Å². The molecule has 0 N–H and O–H groups in total. The van der Waals surface area contributed by atoms with E-state index in [1.165, 1.54) is 14.0 Å². The molecule has 0 fully saturated rings. The molecule has 1 aromatic heterocycles. The second-order valence-corrected chi connectivity index (χ2v) is 2.97. The average molecular weight is 239 g/mol. The predicted molar refractivity (Wildman–Crippen MR) is 47.0 cm³/mol. The van der Waals surface area contributed by atoms with E-state index in [0.29, 0.717) is 0 Å². The first-order chi connectivity index (χ1) is 7.33. The van der Waals surface area contributed by atoms with Gasteiger partial charge in [0, 0.05) is 6.07 Å². The Morgan fingerprint density at radius 1 is 1.38 bits per heavy atom. The number of pyridine rings is 1. The molecule has 0 atom stereocenters. The van der Waals surface area contributed by atoms with Crippen LogP contribution in [0.3, 0.4) is 0 Å². The number of nitrogens with zero attached hydrogens (tertiary/aromatic N) is 1. The number of hydrogen-bond donors (Lipinski definition) is 0. The van der Waals surface area contributed by atoms with Gasteiger partial charge in [0.15, 0.2) is 12.4 Å².